The topological polar surface area (TPSA) is 23.1 Å². The molecule has 0 aliphatic carbocycles. The molecule has 0 aliphatic heterocycles. The summed E-state index contributed by atoms with van der Waals surface area (Å²) in [4.78, 5) is 0. The van der Waals surface area contributed by atoms with Crippen LogP contribution in [0.25, 0.3) is 0 Å². The van der Waals surface area contributed by atoms with E-state index in [0.717, 1.165) is 12.8 Å². The number of hydrogen-bond donors (Lipinski definition) is 0. The van der Waals surface area contributed by atoms with Gasteiger partial charge in [-0.2, -0.15) is 0 Å². The fourth-order valence-corrected chi connectivity index (χ4v) is 0.859. The van der Waals surface area contributed by atoms with Crippen molar-refractivity contribution in [1.82, 2.24) is 0 Å². The molecule has 64 valence electrons. The van der Waals surface area contributed by atoms with Crippen LogP contribution in [0.15, 0.2) is 0 Å². The smallest absolute Gasteiger partial charge is 1.00 e. The van der Waals surface area contributed by atoms with E-state index in [0.29, 0.717) is 0 Å². The van der Waals surface area contributed by atoms with Crippen LogP contribution in [0.1, 0.15) is 46.0 Å². The van der Waals surface area contributed by atoms with Crippen molar-refractivity contribution < 1.29 is 17.5 Å². The van der Waals surface area contributed by atoms with Gasteiger partial charge in [0.1, 0.15) is 0 Å². The van der Waals surface area contributed by atoms with Crippen LogP contribution in [0, 0.1) is 0 Å². The van der Waals surface area contributed by atoms with Crippen LogP contribution in [0.3, 0.4) is 0 Å². The Balaban J connectivity index is -0.000000320. The monoisotopic (exact) mass is 188 g/mol. The molecular formula is C8H17ClMgO. The summed E-state index contributed by atoms with van der Waals surface area (Å²) in [6.07, 6.45) is 5.42. The Morgan fingerprint density at radius 2 is 1.73 bits per heavy atom. The van der Waals surface area contributed by atoms with Gasteiger partial charge in [0.15, 0.2) is 0 Å². The summed E-state index contributed by atoms with van der Waals surface area (Å²) in [5.74, 6) is 0. The number of rotatable bonds is 5. The van der Waals surface area contributed by atoms with Gasteiger partial charge in [0.05, 0.1) is 0 Å². The van der Waals surface area contributed by atoms with E-state index in [4.69, 9.17) is 0 Å². The third-order valence-electron chi connectivity index (χ3n) is 1.46. The fourth-order valence-electron chi connectivity index (χ4n) is 0.859. The molecule has 0 saturated heterocycles. The fraction of sp³-hybridized carbons (Fsp3) is 1.00. The first-order valence-electron chi connectivity index (χ1n) is 3.93. The van der Waals surface area contributed by atoms with Crippen molar-refractivity contribution in [3.63, 3.8) is 0 Å². The van der Waals surface area contributed by atoms with Gasteiger partial charge in [-0.3, -0.25) is 0 Å². The molecule has 0 bridgehead atoms. The molecule has 0 saturated carbocycles. The van der Waals surface area contributed by atoms with Gasteiger partial charge in [0, 0.05) is 0 Å². The summed E-state index contributed by atoms with van der Waals surface area (Å²) >= 11 is 0. The molecule has 0 spiro atoms. The van der Waals surface area contributed by atoms with Gasteiger partial charge >= 0.3 is 23.1 Å². The summed E-state index contributed by atoms with van der Waals surface area (Å²) < 4.78 is 0. The molecule has 0 aliphatic rings. The largest absolute Gasteiger partial charge is 2.00 e. The molecule has 1 atom stereocenters. The van der Waals surface area contributed by atoms with Crippen molar-refractivity contribution in [2.75, 3.05) is 0 Å². The molecule has 0 fully saturated rings. The van der Waals surface area contributed by atoms with Gasteiger partial charge in [-0.25, -0.2) is 0 Å². The minimum atomic E-state index is -0.346. The number of unbranched alkanes of at least 4 members (excludes halogenated alkanes) is 3. The Morgan fingerprint density at radius 1 is 1.18 bits per heavy atom. The maximum atomic E-state index is 10.5. The van der Waals surface area contributed by atoms with Crippen molar-refractivity contribution >= 4 is 23.1 Å². The third-order valence-corrected chi connectivity index (χ3v) is 1.46. The van der Waals surface area contributed by atoms with Gasteiger partial charge in [0.2, 0.25) is 0 Å². The number of hydrogen-bond acceptors (Lipinski definition) is 1. The first-order valence-corrected chi connectivity index (χ1v) is 3.93. The Kier molecular flexibility index (Phi) is 22.2. The quantitative estimate of drug-likeness (QED) is 0.374. The van der Waals surface area contributed by atoms with Crippen molar-refractivity contribution in [3.8, 4) is 0 Å². The summed E-state index contributed by atoms with van der Waals surface area (Å²) in [5.41, 5.74) is 0. The predicted octanol–water partition coefficient (Wildman–Crippen LogP) is -1.67. The van der Waals surface area contributed by atoms with E-state index in [9.17, 15) is 5.11 Å². The van der Waals surface area contributed by atoms with E-state index in [2.05, 4.69) is 6.92 Å². The van der Waals surface area contributed by atoms with Crippen molar-refractivity contribution in [2.45, 2.75) is 52.1 Å². The Hall–Kier alpha value is 1.02. The molecule has 0 N–H and O–H groups in total. The first kappa shape index (κ1) is 17.9. The van der Waals surface area contributed by atoms with E-state index in [-0.39, 0.29) is 41.6 Å². The SMILES string of the molecule is CCCCCCC(C)[O-].[Cl-].[Mg+2]. The Bertz CT molecular complexity index is 60.1. The van der Waals surface area contributed by atoms with E-state index in [1.165, 1.54) is 19.3 Å². The maximum absolute atomic E-state index is 10.5. The van der Waals surface area contributed by atoms with Gasteiger partial charge in [0.25, 0.3) is 0 Å². The third kappa shape index (κ3) is 18.2. The van der Waals surface area contributed by atoms with Crippen molar-refractivity contribution in [1.29, 1.82) is 0 Å². The molecule has 0 aromatic heterocycles. The molecule has 0 amide bonds. The van der Waals surface area contributed by atoms with Gasteiger partial charge in [-0.15, -0.1) is 6.10 Å². The van der Waals surface area contributed by atoms with Crippen molar-refractivity contribution in [3.05, 3.63) is 0 Å². The van der Waals surface area contributed by atoms with Gasteiger partial charge in [-0.05, 0) is 0 Å². The first-order chi connectivity index (χ1) is 4.27. The van der Waals surface area contributed by atoms with E-state index in [1.54, 1.807) is 6.92 Å². The minimum Gasteiger partial charge on any atom is -1.00 e. The second-order valence-corrected chi connectivity index (χ2v) is 2.66. The normalized spacial score (nSPS) is 11.2. The number of halogens is 1. The zero-order valence-corrected chi connectivity index (χ0v) is 9.78. The standard InChI is InChI=1S/C8H17O.ClH.Mg/c1-3-4-5-6-7-8(2)9;;/h8H,3-7H2,1-2H3;1H;/q-1;;+2/p-1. The van der Waals surface area contributed by atoms with Crippen LogP contribution in [-0.4, -0.2) is 29.2 Å². The molecule has 0 radical (unpaired) electrons. The minimum absolute atomic E-state index is 0. The summed E-state index contributed by atoms with van der Waals surface area (Å²) in [7, 11) is 0. The average molecular weight is 189 g/mol. The van der Waals surface area contributed by atoms with Crippen LogP contribution < -0.4 is 17.5 Å². The summed E-state index contributed by atoms with van der Waals surface area (Å²) in [6.45, 7) is 3.92. The molecule has 0 aromatic rings. The second kappa shape index (κ2) is 13.6. The van der Waals surface area contributed by atoms with Crippen LogP contribution in [0.2, 0.25) is 0 Å². The molecule has 1 unspecified atom stereocenters. The molecular weight excluding hydrogens is 172 g/mol. The molecule has 3 heteroatoms. The van der Waals surface area contributed by atoms with Crippen LogP contribution in [-0.2, 0) is 0 Å². The van der Waals surface area contributed by atoms with E-state index >= 15 is 0 Å². The zero-order chi connectivity index (χ0) is 7.11. The molecule has 0 rings (SSSR count). The zero-order valence-electron chi connectivity index (χ0n) is 7.61. The van der Waals surface area contributed by atoms with Gasteiger partial charge in [-0.1, -0.05) is 46.0 Å². The van der Waals surface area contributed by atoms with Crippen LogP contribution in [0.5, 0.6) is 0 Å². The van der Waals surface area contributed by atoms with E-state index in [1.807, 2.05) is 0 Å². The molecule has 0 aromatic carbocycles. The molecule has 1 nitrogen and oxygen atoms in total. The van der Waals surface area contributed by atoms with E-state index < -0.39 is 0 Å². The Labute approximate surface area is 92.5 Å². The van der Waals surface area contributed by atoms with Crippen molar-refractivity contribution in [2.24, 2.45) is 0 Å². The molecule has 0 heterocycles. The summed E-state index contributed by atoms with van der Waals surface area (Å²) in [5, 5.41) is 10.5. The second-order valence-electron chi connectivity index (χ2n) is 2.66. The van der Waals surface area contributed by atoms with Crippen LogP contribution in [0.4, 0.5) is 0 Å². The maximum Gasteiger partial charge on any atom is 2.00 e. The van der Waals surface area contributed by atoms with Gasteiger partial charge < -0.3 is 17.5 Å². The Morgan fingerprint density at radius 3 is 2.09 bits per heavy atom. The van der Waals surface area contributed by atoms with Crippen LogP contribution >= 0.6 is 0 Å². The average Bonchev–Trinajstić information content (AvgIpc) is 1.80. The molecule has 11 heavy (non-hydrogen) atoms. The predicted molar refractivity (Wildman–Crippen MR) is 44.0 cm³/mol. The summed E-state index contributed by atoms with van der Waals surface area (Å²) in [6, 6.07) is 0.